The van der Waals surface area contributed by atoms with Gasteiger partial charge in [-0.3, -0.25) is 9.59 Å². The third-order valence-corrected chi connectivity index (χ3v) is 6.84. The summed E-state index contributed by atoms with van der Waals surface area (Å²) in [4.78, 5) is 24.7. The Bertz CT molecular complexity index is 1530. The molecular formula is C27H19F3N4O2S. The number of anilines is 1. The number of carbonyl (C=O) groups excluding carboxylic acids is 2. The fraction of sp³-hybridized carbons (Fsp3) is 0.111. The minimum atomic E-state index is -4.52. The van der Waals surface area contributed by atoms with Crippen molar-refractivity contribution in [3.8, 4) is 0 Å². The number of benzene rings is 4. The summed E-state index contributed by atoms with van der Waals surface area (Å²) < 4.78 is 38.7. The maximum Gasteiger partial charge on any atom is 0.416 e. The highest BCUT2D eigenvalue weighted by Crippen LogP contribution is 2.31. The van der Waals surface area contributed by atoms with Crippen molar-refractivity contribution >= 4 is 62.2 Å². The van der Waals surface area contributed by atoms with Gasteiger partial charge in [0, 0.05) is 17.7 Å². The third kappa shape index (κ3) is 5.49. The van der Waals surface area contributed by atoms with E-state index < -0.39 is 28.8 Å². The molecular weight excluding hydrogens is 501 g/mol. The smallest absolute Gasteiger partial charge is 0.326 e. The van der Waals surface area contributed by atoms with Gasteiger partial charge in [0.2, 0.25) is 11.8 Å². The summed E-state index contributed by atoms with van der Waals surface area (Å²) in [5.74, 6) is -1.01. The van der Waals surface area contributed by atoms with Crippen LogP contribution in [0.4, 0.5) is 18.9 Å². The van der Waals surface area contributed by atoms with Crippen molar-refractivity contribution < 1.29 is 22.8 Å². The topological polar surface area (TPSA) is 82.9 Å². The SMILES string of the molecule is O=C(CC1S/C(=N/N=C/c2c3ccccc3cc3ccccc23)NC1=O)Nc1cccc(C(F)(F)F)c1. The predicted molar refractivity (Wildman–Crippen MR) is 141 cm³/mol. The lowest BCUT2D eigenvalue weighted by atomic mass is 9.97. The number of nitrogens with one attached hydrogen (secondary N) is 2. The highest BCUT2D eigenvalue weighted by atomic mass is 32.2. The van der Waals surface area contributed by atoms with Crippen molar-refractivity contribution in [3.63, 3.8) is 0 Å². The van der Waals surface area contributed by atoms with Crippen LogP contribution < -0.4 is 10.6 Å². The second-order valence-electron chi connectivity index (χ2n) is 8.31. The van der Waals surface area contributed by atoms with Crippen molar-refractivity contribution in [1.29, 1.82) is 0 Å². The van der Waals surface area contributed by atoms with Gasteiger partial charge in [-0.2, -0.15) is 18.3 Å². The second-order valence-corrected chi connectivity index (χ2v) is 9.50. The van der Waals surface area contributed by atoms with Crippen molar-refractivity contribution in [2.45, 2.75) is 17.8 Å². The lowest BCUT2D eigenvalue weighted by molar-refractivity contribution is -0.137. The Labute approximate surface area is 213 Å². The number of rotatable bonds is 5. The maximum atomic E-state index is 12.9. The summed E-state index contributed by atoms with van der Waals surface area (Å²) in [6, 6.07) is 22.3. The van der Waals surface area contributed by atoms with Crippen LogP contribution in [0.25, 0.3) is 21.5 Å². The Morgan fingerprint density at radius 2 is 1.65 bits per heavy atom. The second kappa shape index (κ2) is 10.1. The molecule has 37 heavy (non-hydrogen) atoms. The van der Waals surface area contributed by atoms with E-state index in [1.165, 1.54) is 12.1 Å². The molecule has 1 atom stereocenters. The lowest BCUT2D eigenvalue weighted by Gasteiger charge is -2.10. The zero-order valence-corrected chi connectivity index (χ0v) is 19.9. The van der Waals surface area contributed by atoms with Gasteiger partial charge in [0.1, 0.15) is 5.25 Å². The number of thioether (sulfide) groups is 1. The highest BCUT2D eigenvalue weighted by molar-refractivity contribution is 8.15. The van der Waals surface area contributed by atoms with Gasteiger partial charge in [0.05, 0.1) is 11.8 Å². The highest BCUT2D eigenvalue weighted by Gasteiger charge is 2.33. The molecule has 1 heterocycles. The fourth-order valence-electron chi connectivity index (χ4n) is 4.07. The molecule has 5 rings (SSSR count). The van der Waals surface area contributed by atoms with Crippen molar-refractivity contribution in [2.75, 3.05) is 5.32 Å². The van der Waals surface area contributed by atoms with Crippen LogP contribution in [0.2, 0.25) is 0 Å². The Kier molecular flexibility index (Phi) is 6.66. The zero-order chi connectivity index (χ0) is 26.0. The summed E-state index contributed by atoms with van der Waals surface area (Å²) in [7, 11) is 0. The number of halogens is 3. The van der Waals surface area contributed by atoms with Crippen LogP contribution in [-0.4, -0.2) is 28.4 Å². The van der Waals surface area contributed by atoms with Gasteiger partial charge >= 0.3 is 6.18 Å². The van der Waals surface area contributed by atoms with Gasteiger partial charge in [-0.25, -0.2) is 0 Å². The van der Waals surface area contributed by atoms with Gasteiger partial charge in [0.25, 0.3) is 0 Å². The number of hydrogen-bond donors (Lipinski definition) is 2. The standard InChI is InChI=1S/C27H19F3N4O2S/c28-27(29,30)18-8-5-9-19(13-18)32-24(35)14-23-25(36)33-26(37-23)34-31-15-22-20-10-3-1-6-16(20)12-17-7-2-4-11-21(17)22/h1-13,15,23H,14H2,(H,32,35)(H,33,34,36)/b31-15+. The molecule has 2 N–H and O–H groups in total. The Morgan fingerprint density at radius 3 is 2.32 bits per heavy atom. The van der Waals surface area contributed by atoms with Gasteiger partial charge in [-0.1, -0.05) is 66.4 Å². The molecule has 186 valence electrons. The van der Waals surface area contributed by atoms with E-state index in [0.29, 0.717) is 0 Å². The quantitative estimate of drug-likeness (QED) is 0.193. The number of carbonyl (C=O) groups is 2. The van der Waals surface area contributed by atoms with Gasteiger partial charge < -0.3 is 10.6 Å². The average Bonchev–Trinajstić information content (AvgIpc) is 3.21. The van der Waals surface area contributed by atoms with E-state index in [0.717, 1.165) is 51.0 Å². The maximum absolute atomic E-state index is 12.9. The normalized spacial score (nSPS) is 17.1. The van der Waals surface area contributed by atoms with Gasteiger partial charge in [-0.05, 0) is 45.8 Å². The van der Waals surface area contributed by atoms with E-state index >= 15 is 0 Å². The summed E-state index contributed by atoms with van der Waals surface area (Å²) in [6.07, 6.45) is -3.12. The molecule has 1 unspecified atom stereocenters. The summed E-state index contributed by atoms with van der Waals surface area (Å²) in [6.45, 7) is 0. The van der Waals surface area contributed by atoms with Crippen LogP contribution in [0.3, 0.4) is 0 Å². The van der Waals surface area contributed by atoms with Gasteiger partial charge in [-0.15, -0.1) is 5.10 Å². The minimum Gasteiger partial charge on any atom is -0.326 e. The molecule has 0 spiro atoms. The van der Waals surface area contributed by atoms with Crippen LogP contribution in [0.1, 0.15) is 17.5 Å². The molecule has 0 aromatic heterocycles. The van der Waals surface area contributed by atoms with Crippen LogP contribution in [0.15, 0.2) is 89.1 Å². The molecule has 6 nitrogen and oxygen atoms in total. The molecule has 0 bridgehead atoms. The molecule has 10 heteroatoms. The van der Waals surface area contributed by atoms with Gasteiger partial charge in [0.15, 0.2) is 5.17 Å². The third-order valence-electron chi connectivity index (χ3n) is 5.77. The Balaban J connectivity index is 1.29. The number of amides is 2. The fourth-order valence-corrected chi connectivity index (χ4v) is 4.99. The largest absolute Gasteiger partial charge is 0.416 e. The monoisotopic (exact) mass is 520 g/mol. The first kappa shape index (κ1) is 24.5. The minimum absolute atomic E-state index is 0.00374. The van der Waals surface area contributed by atoms with Crippen molar-refractivity contribution in [1.82, 2.24) is 5.32 Å². The molecule has 0 radical (unpaired) electrons. The first-order valence-corrected chi connectivity index (χ1v) is 12.1. The Morgan fingerprint density at radius 1 is 0.973 bits per heavy atom. The number of amidine groups is 1. The van der Waals surface area contributed by atoms with Crippen LogP contribution >= 0.6 is 11.8 Å². The van der Waals surface area contributed by atoms with E-state index in [2.05, 4.69) is 26.9 Å². The molecule has 4 aromatic carbocycles. The first-order valence-electron chi connectivity index (χ1n) is 11.2. The summed E-state index contributed by atoms with van der Waals surface area (Å²) in [5.41, 5.74) is 0.0259. The number of alkyl halides is 3. The van der Waals surface area contributed by atoms with E-state index in [-0.39, 0.29) is 17.3 Å². The van der Waals surface area contributed by atoms with Crippen molar-refractivity contribution in [2.24, 2.45) is 10.2 Å². The summed E-state index contributed by atoms with van der Waals surface area (Å²) >= 11 is 1.04. The number of nitrogens with zero attached hydrogens (tertiary/aromatic N) is 2. The molecule has 1 aliphatic rings. The predicted octanol–water partition coefficient (Wildman–Crippen LogP) is 5.96. The molecule has 0 saturated carbocycles. The number of fused-ring (bicyclic) bond motifs is 2. The van der Waals surface area contributed by atoms with E-state index in [1.807, 2.05) is 48.5 Å². The Hall–Kier alpha value is -4.18. The zero-order valence-electron chi connectivity index (χ0n) is 19.1. The van der Waals surface area contributed by atoms with E-state index in [9.17, 15) is 22.8 Å². The van der Waals surface area contributed by atoms with Crippen molar-refractivity contribution in [3.05, 3.63) is 90.0 Å². The van der Waals surface area contributed by atoms with Crippen LogP contribution in [0.5, 0.6) is 0 Å². The summed E-state index contributed by atoms with van der Waals surface area (Å²) in [5, 5.41) is 16.9. The van der Waals surface area contributed by atoms with E-state index in [1.54, 1.807) is 6.21 Å². The molecule has 2 amide bonds. The molecule has 4 aromatic rings. The number of hydrogen-bond acceptors (Lipinski definition) is 5. The van der Waals surface area contributed by atoms with E-state index in [4.69, 9.17) is 0 Å². The lowest BCUT2D eigenvalue weighted by Crippen LogP contribution is -2.28. The molecule has 0 aliphatic carbocycles. The molecule has 1 saturated heterocycles. The average molecular weight is 521 g/mol. The molecule has 1 aliphatic heterocycles. The van der Waals surface area contributed by atoms with Crippen LogP contribution in [0, 0.1) is 0 Å². The van der Waals surface area contributed by atoms with Crippen LogP contribution in [-0.2, 0) is 15.8 Å². The first-order chi connectivity index (χ1) is 17.8. The molecule has 1 fully saturated rings.